The summed E-state index contributed by atoms with van der Waals surface area (Å²) in [5.74, 6) is 0.540. The van der Waals surface area contributed by atoms with Gasteiger partial charge in [0.2, 0.25) is 5.91 Å². The zero-order chi connectivity index (χ0) is 13.9. The van der Waals surface area contributed by atoms with Gasteiger partial charge in [0.05, 0.1) is 5.92 Å². The van der Waals surface area contributed by atoms with Crippen LogP contribution >= 0.6 is 11.6 Å². The zero-order valence-electron chi connectivity index (χ0n) is 10.7. The number of nitrogens with one attached hydrogen (secondary N) is 1. The first-order valence-electron chi connectivity index (χ1n) is 6.34. The standard InChI is InChI=1S/C15H13ClN2O2/c16-12-1-2-14-10(8-12)7-11(9-20-14)15(19)18-13-3-5-17-6-4-13/h1-6,8,11H,7,9H2,(H,17,18,19)/t11-/m0/s1. The fourth-order valence-corrected chi connectivity index (χ4v) is 2.41. The molecule has 1 aromatic carbocycles. The topological polar surface area (TPSA) is 51.2 Å². The number of aromatic nitrogens is 1. The van der Waals surface area contributed by atoms with Gasteiger partial charge in [0.25, 0.3) is 0 Å². The largest absolute Gasteiger partial charge is 0.492 e. The molecule has 0 fully saturated rings. The van der Waals surface area contributed by atoms with Crippen LogP contribution in [-0.4, -0.2) is 17.5 Å². The van der Waals surface area contributed by atoms with Crippen molar-refractivity contribution in [3.63, 3.8) is 0 Å². The SMILES string of the molecule is O=C(Nc1ccncc1)[C@@H]1COc2ccc(Cl)cc2C1. The Labute approximate surface area is 121 Å². The molecule has 1 aliphatic rings. The highest BCUT2D eigenvalue weighted by Gasteiger charge is 2.26. The Bertz CT molecular complexity index is 631. The van der Waals surface area contributed by atoms with Crippen LogP contribution in [0.4, 0.5) is 5.69 Å². The molecule has 1 atom stereocenters. The Morgan fingerprint density at radius 1 is 1.30 bits per heavy atom. The number of rotatable bonds is 2. The normalized spacial score (nSPS) is 16.9. The molecule has 1 aromatic heterocycles. The number of benzene rings is 1. The van der Waals surface area contributed by atoms with Crippen molar-refractivity contribution in [3.05, 3.63) is 53.3 Å². The van der Waals surface area contributed by atoms with Crippen molar-refractivity contribution in [1.29, 1.82) is 0 Å². The van der Waals surface area contributed by atoms with Gasteiger partial charge < -0.3 is 10.1 Å². The third kappa shape index (κ3) is 2.75. The molecule has 0 saturated heterocycles. The second kappa shape index (κ2) is 5.51. The van der Waals surface area contributed by atoms with Gasteiger partial charge in [-0.1, -0.05) is 11.6 Å². The number of halogens is 1. The average molecular weight is 289 g/mol. The lowest BCUT2D eigenvalue weighted by atomic mass is 9.96. The lowest BCUT2D eigenvalue weighted by Crippen LogP contribution is -2.32. The summed E-state index contributed by atoms with van der Waals surface area (Å²) >= 11 is 5.97. The molecule has 1 aliphatic heterocycles. The summed E-state index contributed by atoms with van der Waals surface area (Å²) in [6.07, 6.45) is 3.91. The lowest BCUT2D eigenvalue weighted by Gasteiger charge is -2.24. The number of carbonyl (C=O) groups is 1. The maximum atomic E-state index is 12.2. The summed E-state index contributed by atoms with van der Waals surface area (Å²) in [5, 5.41) is 3.52. The quantitative estimate of drug-likeness (QED) is 0.924. The van der Waals surface area contributed by atoms with E-state index in [4.69, 9.17) is 16.3 Å². The van der Waals surface area contributed by atoms with E-state index >= 15 is 0 Å². The van der Waals surface area contributed by atoms with Gasteiger partial charge in [0.15, 0.2) is 0 Å². The Morgan fingerprint density at radius 2 is 2.10 bits per heavy atom. The molecule has 102 valence electrons. The molecule has 0 saturated carbocycles. The summed E-state index contributed by atoms with van der Waals surface area (Å²) in [4.78, 5) is 16.1. The Morgan fingerprint density at radius 3 is 2.90 bits per heavy atom. The summed E-state index contributed by atoms with van der Waals surface area (Å²) in [6.45, 7) is 0.381. The molecule has 0 aliphatic carbocycles. The molecule has 2 aromatic rings. The number of pyridine rings is 1. The van der Waals surface area contributed by atoms with E-state index in [9.17, 15) is 4.79 Å². The predicted molar refractivity (Wildman–Crippen MR) is 77.0 cm³/mol. The number of hydrogen-bond acceptors (Lipinski definition) is 3. The third-order valence-corrected chi connectivity index (χ3v) is 3.48. The van der Waals surface area contributed by atoms with Crippen LogP contribution in [0.2, 0.25) is 5.02 Å². The van der Waals surface area contributed by atoms with E-state index in [-0.39, 0.29) is 11.8 Å². The molecule has 5 heteroatoms. The number of fused-ring (bicyclic) bond motifs is 1. The van der Waals surface area contributed by atoms with Gasteiger partial charge in [0.1, 0.15) is 12.4 Å². The molecule has 0 spiro atoms. The number of nitrogens with zero attached hydrogens (tertiary/aromatic N) is 1. The zero-order valence-corrected chi connectivity index (χ0v) is 11.4. The van der Waals surface area contributed by atoms with Crippen LogP contribution in [-0.2, 0) is 11.2 Å². The second-order valence-electron chi connectivity index (χ2n) is 4.69. The maximum absolute atomic E-state index is 12.2. The monoisotopic (exact) mass is 288 g/mol. The highest BCUT2D eigenvalue weighted by molar-refractivity contribution is 6.30. The minimum atomic E-state index is -0.214. The van der Waals surface area contributed by atoms with E-state index < -0.39 is 0 Å². The number of ether oxygens (including phenoxy) is 1. The Kier molecular flexibility index (Phi) is 3.56. The van der Waals surface area contributed by atoms with Crippen molar-refractivity contribution in [3.8, 4) is 5.75 Å². The van der Waals surface area contributed by atoms with Crippen LogP contribution < -0.4 is 10.1 Å². The maximum Gasteiger partial charge on any atom is 0.231 e. The third-order valence-electron chi connectivity index (χ3n) is 3.25. The van der Waals surface area contributed by atoms with Gasteiger partial charge in [-0.25, -0.2) is 0 Å². The van der Waals surface area contributed by atoms with Crippen molar-refractivity contribution < 1.29 is 9.53 Å². The number of hydrogen-bond donors (Lipinski definition) is 1. The number of anilines is 1. The molecule has 0 radical (unpaired) electrons. The first kappa shape index (κ1) is 12.9. The van der Waals surface area contributed by atoms with Gasteiger partial charge in [-0.15, -0.1) is 0 Å². The van der Waals surface area contributed by atoms with E-state index in [0.29, 0.717) is 18.1 Å². The molecule has 0 bridgehead atoms. The molecule has 1 amide bonds. The van der Waals surface area contributed by atoms with Gasteiger partial charge in [-0.05, 0) is 42.3 Å². The second-order valence-corrected chi connectivity index (χ2v) is 5.13. The van der Waals surface area contributed by atoms with E-state index in [1.165, 1.54) is 0 Å². The first-order valence-corrected chi connectivity index (χ1v) is 6.72. The minimum Gasteiger partial charge on any atom is -0.492 e. The summed E-state index contributed by atoms with van der Waals surface area (Å²) in [7, 11) is 0. The highest BCUT2D eigenvalue weighted by Crippen LogP contribution is 2.30. The fourth-order valence-electron chi connectivity index (χ4n) is 2.21. The Balaban J connectivity index is 1.72. The molecular weight excluding hydrogens is 276 g/mol. The van der Waals surface area contributed by atoms with Crippen molar-refractivity contribution in [2.45, 2.75) is 6.42 Å². The molecule has 20 heavy (non-hydrogen) atoms. The number of amides is 1. The van der Waals surface area contributed by atoms with E-state index in [2.05, 4.69) is 10.3 Å². The minimum absolute atomic E-state index is 0.0539. The summed E-state index contributed by atoms with van der Waals surface area (Å²) in [5.41, 5.74) is 1.71. The molecule has 2 heterocycles. The van der Waals surface area contributed by atoms with Crippen molar-refractivity contribution in [1.82, 2.24) is 4.98 Å². The van der Waals surface area contributed by atoms with Gasteiger partial charge >= 0.3 is 0 Å². The van der Waals surface area contributed by atoms with Crippen LogP contribution in [0.1, 0.15) is 5.56 Å². The highest BCUT2D eigenvalue weighted by atomic mass is 35.5. The molecule has 4 nitrogen and oxygen atoms in total. The van der Waals surface area contributed by atoms with Crippen LogP contribution in [0.5, 0.6) is 5.75 Å². The van der Waals surface area contributed by atoms with Crippen LogP contribution in [0, 0.1) is 5.92 Å². The van der Waals surface area contributed by atoms with Gasteiger partial charge in [0, 0.05) is 23.1 Å². The van der Waals surface area contributed by atoms with Gasteiger partial charge in [-0.2, -0.15) is 0 Å². The predicted octanol–water partition coefficient (Wildman–Crippen LogP) is 2.92. The van der Waals surface area contributed by atoms with Crippen molar-refractivity contribution >= 4 is 23.2 Å². The molecular formula is C15H13ClN2O2. The van der Waals surface area contributed by atoms with Gasteiger partial charge in [-0.3, -0.25) is 9.78 Å². The molecule has 0 unspecified atom stereocenters. The van der Waals surface area contributed by atoms with Crippen LogP contribution in [0.3, 0.4) is 0 Å². The van der Waals surface area contributed by atoms with Crippen molar-refractivity contribution in [2.24, 2.45) is 5.92 Å². The Hall–Kier alpha value is -2.07. The summed E-state index contributed by atoms with van der Waals surface area (Å²) < 4.78 is 5.62. The van der Waals surface area contributed by atoms with Crippen LogP contribution in [0.25, 0.3) is 0 Å². The average Bonchev–Trinajstić information content (AvgIpc) is 2.47. The van der Waals surface area contributed by atoms with E-state index in [1.54, 1.807) is 30.6 Å². The van der Waals surface area contributed by atoms with Crippen molar-refractivity contribution in [2.75, 3.05) is 11.9 Å². The summed E-state index contributed by atoms with van der Waals surface area (Å²) in [6, 6.07) is 8.99. The van der Waals surface area contributed by atoms with E-state index in [0.717, 1.165) is 17.0 Å². The van der Waals surface area contributed by atoms with E-state index in [1.807, 2.05) is 12.1 Å². The smallest absolute Gasteiger partial charge is 0.231 e. The fraction of sp³-hybridized carbons (Fsp3) is 0.200. The number of carbonyl (C=O) groups excluding carboxylic acids is 1. The molecule has 1 N–H and O–H groups in total. The van der Waals surface area contributed by atoms with Crippen LogP contribution in [0.15, 0.2) is 42.7 Å². The lowest BCUT2D eigenvalue weighted by molar-refractivity contribution is -0.121. The molecule has 3 rings (SSSR count). The first-order chi connectivity index (χ1) is 9.72.